The second kappa shape index (κ2) is 5.97. The van der Waals surface area contributed by atoms with Crippen molar-refractivity contribution in [1.29, 1.82) is 5.41 Å². The Balaban J connectivity index is 2.06. The molecule has 0 aromatic rings. The molecule has 0 bridgehead atoms. The first-order valence-corrected chi connectivity index (χ1v) is 7.43. The third-order valence-electron chi connectivity index (χ3n) is 4.46. The molecule has 0 saturated carbocycles. The van der Waals surface area contributed by atoms with Gasteiger partial charge in [0, 0.05) is 18.7 Å². The second-order valence-corrected chi connectivity index (χ2v) is 6.56. The number of quaternary nitrogens is 1. The first-order valence-electron chi connectivity index (χ1n) is 7.43. The van der Waals surface area contributed by atoms with Crippen LogP contribution in [0.1, 0.15) is 47.0 Å². The van der Waals surface area contributed by atoms with Gasteiger partial charge in [0.2, 0.25) is 0 Å². The molecule has 0 spiro atoms. The minimum Gasteiger partial charge on any atom is -0.396 e. The predicted octanol–water partition coefficient (Wildman–Crippen LogP) is 0.753. The summed E-state index contributed by atoms with van der Waals surface area (Å²) in [6.45, 7) is 9.10. The second-order valence-electron chi connectivity index (χ2n) is 6.56. The van der Waals surface area contributed by atoms with E-state index in [-0.39, 0.29) is 17.4 Å². The zero-order valence-electron chi connectivity index (χ0n) is 13.0. The van der Waals surface area contributed by atoms with Crippen molar-refractivity contribution in [2.75, 3.05) is 6.61 Å². The van der Waals surface area contributed by atoms with Gasteiger partial charge in [-0.1, -0.05) is 0 Å². The van der Waals surface area contributed by atoms with Crippen molar-refractivity contribution in [2.24, 2.45) is 0 Å². The monoisotopic (exact) mass is 282 g/mol. The smallest absolute Gasteiger partial charge is 0.396 e. The molecule has 2 aliphatic heterocycles. The van der Waals surface area contributed by atoms with Crippen LogP contribution in [-0.4, -0.2) is 42.1 Å². The lowest BCUT2D eigenvalue weighted by atomic mass is 9.83. The van der Waals surface area contributed by atoms with Gasteiger partial charge in [0.05, 0.1) is 17.6 Å². The number of hydrogen-bond donors (Lipinski definition) is 2. The summed E-state index contributed by atoms with van der Waals surface area (Å²) in [6.07, 6.45) is 6.76. The zero-order valence-corrected chi connectivity index (χ0v) is 13.0. The van der Waals surface area contributed by atoms with Gasteiger partial charge in [-0.2, -0.15) is 0 Å². The van der Waals surface area contributed by atoms with Crippen LogP contribution in [0.4, 0.5) is 0 Å². The minimum absolute atomic E-state index is 0.231. The van der Waals surface area contributed by atoms with Gasteiger partial charge in [-0.05, 0) is 34.1 Å². The molecule has 2 aliphatic rings. The number of hydrogen-bond acceptors (Lipinski definition) is 3. The van der Waals surface area contributed by atoms with E-state index in [4.69, 9.17) is 14.7 Å². The van der Waals surface area contributed by atoms with Crippen LogP contribution in [0.2, 0.25) is 0 Å². The number of allylic oxidation sites excluding steroid dienone is 1. The van der Waals surface area contributed by atoms with Gasteiger partial charge < -0.3 is 19.5 Å². The molecule has 2 heterocycles. The summed E-state index contributed by atoms with van der Waals surface area (Å²) < 4.78 is 16.7. The average Bonchev–Trinajstić information content (AvgIpc) is 2.59. The molecule has 6 heteroatoms. The maximum absolute atomic E-state index is 7.35. The fourth-order valence-electron chi connectivity index (χ4n) is 2.46. The SMILES string of the molecule is CC1(C)OB(C(=CC=N)[NH2+]C2CCCC[OH+]2)OC1(C)C. The molecule has 0 radical (unpaired) electrons. The van der Waals surface area contributed by atoms with Gasteiger partial charge in [0.1, 0.15) is 12.2 Å². The van der Waals surface area contributed by atoms with Crippen LogP contribution in [0.5, 0.6) is 0 Å². The number of aliphatic hydroxyl groups is 2. The molecular weight excluding hydrogens is 255 g/mol. The highest BCUT2D eigenvalue weighted by Crippen LogP contribution is 2.37. The van der Waals surface area contributed by atoms with E-state index in [0.717, 1.165) is 18.6 Å². The van der Waals surface area contributed by atoms with Crippen LogP contribution < -0.4 is 5.32 Å². The Bertz CT molecular complexity index is 374. The molecule has 1 unspecified atom stereocenters. The van der Waals surface area contributed by atoms with E-state index < -0.39 is 7.12 Å². The van der Waals surface area contributed by atoms with Crippen molar-refractivity contribution in [2.45, 2.75) is 64.4 Å². The van der Waals surface area contributed by atoms with E-state index in [1.807, 2.05) is 27.7 Å². The topological polar surface area (TPSA) is 71.7 Å². The molecule has 1 atom stereocenters. The normalized spacial score (nSPS) is 29.5. The summed E-state index contributed by atoms with van der Waals surface area (Å²) >= 11 is 0. The van der Waals surface area contributed by atoms with Gasteiger partial charge in [0.25, 0.3) is 6.23 Å². The standard InChI is InChI=1S/C14H25BN2O3/c1-13(2)14(3,4)20-15(19-13)11(8-9-16)17-12-7-5-6-10-18-12/h8-9,12,16-17H,5-7,10H2,1-4H3/p+2. The molecule has 4 N–H and O–H groups in total. The van der Waals surface area contributed by atoms with E-state index >= 15 is 0 Å². The molecule has 0 aliphatic carbocycles. The van der Waals surface area contributed by atoms with Gasteiger partial charge in [-0.3, -0.25) is 5.32 Å². The van der Waals surface area contributed by atoms with Gasteiger partial charge in [0.15, 0.2) is 0 Å². The van der Waals surface area contributed by atoms with Gasteiger partial charge in [-0.25, -0.2) is 0 Å². The van der Waals surface area contributed by atoms with Crippen LogP contribution in [0.3, 0.4) is 0 Å². The van der Waals surface area contributed by atoms with Crippen LogP contribution in [-0.2, 0) is 9.31 Å². The third kappa shape index (κ3) is 3.31. The van der Waals surface area contributed by atoms with E-state index in [2.05, 4.69) is 10.1 Å². The average molecular weight is 282 g/mol. The number of nitrogens with one attached hydrogen (secondary N) is 1. The summed E-state index contributed by atoms with van der Waals surface area (Å²) in [6, 6.07) is 0. The fraction of sp³-hybridized carbons (Fsp3) is 0.786. The molecule has 0 aromatic carbocycles. The summed E-state index contributed by atoms with van der Waals surface area (Å²) in [5, 5.41) is 9.45. The molecule has 112 valence electrons. The summed E-state index contributed by atoms with van der Waals surface area (Å²) in [7, 11) is -0.404. The van der Waals surface area contributed by atoms with Crippen molar-refractivity contribution in [3.05, 3.63) is 11.7 Å². The number of nitrogens with two attached hydrogens (primary N) is 1. The third-order valence-corrected chi connectivity index (χ3v) is 4.46. The maximum atomic E-state index is 7.35. The molecule has 2 rings (SSSR count). The largest absolute Gasteiger partial charge is 0.554 e. The van der Waals surface area contributed by atoms with E-state index in [0.29, 0.717) is 0 Å². The molecule has 2 fully saturated rings. The summed E-state index contributed by atoms with van der Waals surface area (Å²) in [5.74, 6) is 0. The number of rotatable bonds is 4. The van der Waals surface area contributed by atoms with Crippen LogP contribution in [0.15, 0.2) is 11.7 Å². The first-order chi connectivity index (χ1) is 9.36. The molecule has 0 amide bonds. The maximum Gasteiger partial charge on any atom is 0.554 e. The Morgan fingerprint density at radius 1 is 1.25 bits per heavy atom. The van der Waals surface area contributed by atoms with Gasteiger partial charge in [-0.15, -0.1) is 0 Å². The Morgan fingerprint density at radius 2 is 1.90 bits per heavy atom. The molecule has 5 nitrogen and oxygen atoms in total. The van der Waals surface area contributed by atoms with E-state index in [9.17, 15) is 0 Å². The molecular formula is C14H27BN2O3+2. The van der Waals surface area contributed by atoms with Crippen molar-refractivity contribution >= 4 is 13.3 Å². The Kier molecular flexibility index (Phi) is 4.69. The van der Waals surface area contributed by atoms with Crippen LogP contribution >= 0.6 is 0 Å². The summed E-state index contributed by atoms with van der Waals surface area (Å²) in [5.41, 5.74) is 0.210. The van der Waals surface area contributed by atoms with Gasteiger partial charge >= 0.3 is 7.12 Å². The lowest BCUT2D eigenvalue weighted by molar-refractivity contribution is -0.703. The predicted molar refractivity (Wildman–Crippen MR) is 79.6 cm³/mol. The van der Waals surface area contributed by atoms with Crippen molar-refractivity contribution in [1.82, 2.24) is 0 Å². The van der Waals surface area contributed by atoms with Crippen molar-refractivity contribution < 1.29 is 19.4 Å². The zero-order chi connectivity index (χ0) is 14.8. The highest BCUT2D eigenvalue weighted by Gasteiger charge is 2.54. The van der Waals surface area contributed by atoms with E-state index in [1.165, 1.54) is 19.1 Å². The Hall–Kier alpha value is -0.685. The Labute approximate surface area is 121 Å². The lowest BCUT2D eigenvalue weighted by Crippen LogP contribution is -2.92. The molecule has 20 heavy (non-hydrogen) atoms. The molecule has 0 aromatic heterocycles. The van der Waals surface area contributed by atoms with Crippen LogP contribution in [0, 0.1) is 5.41 Å². The summed E-state index contributed by atoms with van der Waals surface area (Å²) in [4.78, 5) is 0. The quantitative estimate of drug-likeness (QED) is 0.454. The van der Waals surface area contributed by atoms with Crippen molar-refractivity contribution in [3.8, 4) is 0 Å². The Morgan fingerprint density at radius 3 is 2.40 bits per heavy atom. The van der Waals surface area contributed by atoms with Crippen molar-refractivity contribution in [3.63, 3.8) is 0 Å². The lowest BCUT2D eigenvalue weighted by Gasteiger charge is -2.32. The number of ether oxygens (including phenoxy) is 1. The minimum atomic E-state index is -0.404. The van der Waals surface area contributed by atoms with E-state index in [1.54, 1.807) is 6.08 Å². The van der Waals surface area contributed by atoms with Crippen LogP contribution in [0.25, 0.3) is 0 Å². The highest BCUT2D eigenvalue weighted by molar-refractivity contribution is 6.53. The molecule has 2 saturated heterocycles. The first kappa shape index (κ1) is 15.7. The fourth-order valence-corrected chi connectivity index (χ4v) is 2.46. The highest BCUT2D eigenvalue weighted by atomic mass is 16.7.